The molecule has 0 radical (unpaired) electrons. The molecule has 2 unspecified atom stereocenters. The predicted molar refractivity (Wildman–Crippen MR) is 91.1 cm³/mol. The number of ether oxygens (including phenoxy) is 1. The quantitative estimate of drug-likeness (QED) is 0.825. The number of benzene rings is 1. The van der Waals surface area contributed by atoms with Crippen LogP contribution in [0.2, 0.25) is 0 Å². The van der Waals surface area contributed by atoms with Gasteiger partial charge >= 0.3 is 0 Å². The number of ketones is 1. The van der Waals surface area contributed by atoms with E-state index < -0.39 is 29.1 Å². The summed E-state index contributed by atoms with van der Waals surface area (Å²) >= 11 is 0. The van der Waals surface area contributed by atoms with E-state index in [2.05, 4.69) is 0 Å². The molecule has 1 aliphatic rings. The fourth-order valence-corrected chi connectivity index (χ4v) is 3.85. The predicted octanol–water partition coefficient (Wildman–Crippen LogP) is 3.24. The van der Waals surface area contributed by atoms with E-state index in [1.165, 1.54) is 7.11 Å². The minimum atomic E-state index is -2.00. The van der Waals surface area contributed by atoms with Crippen LogP contribution in [0.15, 0.2) is 24.3 Å². The number of carbonyl (C=O) groups excluding carboxylic acids is 1. The van der Waals surface area contributed by atoms with E-state index in [4.69, 9.17) is 4.74 Å². The number of rotatable bonds is 4. The van der Waals surface area contributed by atoms with Gasteiger partial charge in [-0.1, -0.05) is 25.5 Å². The molecule has 0 aromatic heterocycles. The van der Waals surface area contributed by atoms with Crippen LogP contribution in [-0.2, 0) is 4.79 Å². The lowest BCUT2D eigenvalue weighted by Gasteiger charge is -2.45. The first-order valence-electron chi connectivity index (χ1n) is 8.30. The SMILES string of the molecule is CCCC1C(=O)CC(C#N)(C#N)C(C#N)(C#N)C1c1ccc(OC)cc1. The molecule has 130 valence electrons. The average molecular weight is 346 g/mol. The van der Waals surface area contributed by atoms with Crippen molar-refractivity contribution < 1.29 is 9.53 Å². The smallest absolute Gasteiger partial charge is 0.183 e. The maximum Gasteiger partial charge on any atom is 0.183 e. The minimum Gasteiger partial charge on any atom is -0.497 e. The monoisotopic (exact) mass is 346 g/mol. The van der Waals surface area contributed by atoms with E-state index in [-0.39, 0.29) is 5.78 Å². The molecule has 6 heteroatoms. The van der Waals surface area contributed by atoms with Crippen molar-refractivity contribution in [3.63, 3.8) is 0 Å². The van der Waals surface area contributed by atoms with E-state index in [1.54, 1.807) is 24.3 Å². The molecule has 0 aliphatic heterocycles. The topological polar surface area (TPSA) is 121 Å². The molecule has 6 nitrogen and oxygen atoms in total. The van der Waals surface area contributed by atoms with Crippen LogP contribution >= 0.6 is 0 Å². The molecule has 0 bridgehead atoms. The highest BCUT2D eigenvalue weighted by Gasteiger charge is 2.66. The lowest BCUT2D eigenvalue weighted by atomic mass is 9.48. The number of nitrogens with zero attached hydrogens (tertiary/aromatic N) is 4. The number of Topliss-reactive ketones (excluding diaryl/α,β-unsaturated/α-hetero) is 1. The average Bonchev–Trinajstić information content (AvgIpc) is 2.69. The van der Waals surface area contributed by atoms with Crippen LogP contribution in [0.4, 0.5) is 0 Å². The third-order valence-corrected chi connectivity index (χ3v) is 5.20. The lowest BCUT2D eigenvalue weighted by molar-refractivity contribution is -0.130. The van der Waals surface area contributed by atoms with Crippen molar-refractivity contribution in [2.75, 3.05) is 7.11 Å². The highest BCUT2D eigenvalue weighted by Crippen LogP contribution is 2.58. The molecule has 2 rings (SSSR count). The molecule has 0 spiro atoms. The van der Waals surface area contributed by atoms with Crippen molar-refractivity contribution in [1.29, 1.82) is 21.0 Å². The van der Waals surface area contributed by atoms with Crippen molar-refractivity contribution in [2.45, 2.75) is 32.1 Å². The Labute approximate surface area is 152 Å². The maximum absolute atomic E-state index is 12.8. The summed E-state index contributed by atoms with van der Waals surface area (Å²) in [6.45, 7) is 1.91. The first kappa shape index (κ1) is 19.0. The summed E-state index contributed by atoms with van der Waals surface area (Å²) in [4.78, 5) is 12.8. The van der Waals surface area contributed by atoms with Gasteiger partial charge in [0, 0.05) is 18.3 Å². The van der Waals surface area contributed by atoms with E-state index in [1.807, 2.05) is 31.2 Å². The number of carbonyl (C=O) groups is 1. The van der Waals surface area contributed by atoms with E-state index >= 15 is 0 Å². The summed E-state index contributed by atoms with van der Waals surface area (Å²) in [7, 11) is 1.52. The molecule has 1 aromatic rings. The van der Waals surface area contributed by atoms with Gasteiger partial charge in [-0.2, -0.15) is 21.0 Å². The molecule has 0 heterocycles. The van der Waals surface area contributed by atoms with Gasteiger partial charge in [0.05, 0.1) is 31.4 Å². The van der Waals surface area contributed by atoms with Crippen molar-refractivity contribution in [2.24, 2.45) is 16.7 Å². The largest absolute Gasteiger partial charge is 0.497 e. The maximum atomic E-state index is 12.8. The highest BCUT2D eigenvalue weighted by atomic mass is 16.5. The van der Waals surface area contributed by atoms with Gasteiger partial charge in [0.2, 0.25) is 0 Å². The molecule has 1 saturated carbocycles. The molecule has 0 amide bonds. The van der Waals surface area contributed by atoms with Crippen LogP contribution in [0.1, 0.15) is 37.7 Å². The van der Waals surface area contributed by atoms with Crippen LogP contribution in [0.3, 0.4) is 0 Å². The van der Waals surface area contributed by atoms with Crippen LogP contribution in [0.5, 0.6) is 5.75 Å². The summed E-state index contributed by atoms with van der Waals surface area (Å²) in [5, 5.41) is 39.2. The Morgan fingerprint density at radius 1 is 1.08 bits per heavy atom. The van der Waals surface area contributed by atoms with Crippen LogP contribution in [0.25, 0.3) is 0 Å². The van der Waals surface area contributed by atoms with Gasteiger partial charge in [0.25, 0.3) is 0 Å². The molecule has 0 N–H and O–H groups in total. The highest BCUT2D eigenvalue weighted by molar-refractivity contribution is 5.86. The molecule has 1 aliphatic carbocycles. The van der Waals surface area contributed by atoms with Gasteiger partial charge in [0.1, 0.15) is 11.5 Å². The summed E-state index contributed by atoms with van der Waals surface area (Å²) in [6.07, 6.45) is 0.758. The Hall–Kier alpha value is -3.35. The Balaban J connectivity index is 2.78. The summed E-state index contributed by atoms with van der Waals surface area (Å²) < 4.78 is 5.14. The fourth-order valence-electron chi connectivity index (χ4n) is 3.85. The standard InChI is InChI=1S/C20H18N4O2/c1-3-4-16-17(25)9-19(10-21,11-22)20(12-23,13-24)18(16)14-5-7-15(26-2)8-6-14/h5-8,16,18H,3-4,9H2,1-2H3. The van der Waals surface area contributed by atoms with E-state index in [0.717, 1.165) is 0 Å². The van der Waals surface area contributed by atoms with Gasteiger partial charge in [-0.25, -0.2) is 0 Å². The molecule has 0 saturated heterocycles. The van der Waals surface area contributed by atoms with Gasteiger partial charge in [0.15, 0.2) is 10.8 Å². The van der Waals surface area contributed by atoms with Gasteiger partial charge in [-0.05, 0) is 24.1 Å². The number of methoxy groups -OCH3 is 1. The van der Waals surface area contributed by atoms with Crippen LogP contribution in [-0.4, -0.2) is 12.9 Å². The Morgan fingerprint density at radius 2 is 1.65 bits per heavy atom. The molecular weight excluding hydrogens is 328 g/mol. The van der Waals surface area contributed by atoms with Gasteiger partial charge < -0.3 is 4.74 Å². The zero-order chi connectivity index (χ0) is 19.4. The Morgan fingerprint density at radius 3 is 2.08 bits per heavy atom. The first-order chi connectivity index (χ1) is 12.5. The summed E-state index contributed by atoms with van der Waals surface area (Å²) in [6, 6.07) is 14.3. The second kappa shape index (κ2) is 7.26. The number of hydrogen-bond acceptors (Lipinski definition) is 6. The lowest BCUT2D eigenvalue weighted by Crippen LogP contribution is -2.53. The van der Waals surface area contributed by atoms with Gasteiger partial charge in [-0.15, -0.1) is 0 Å². The fraction of sp³-hybridized carbons (Fsp3) is 0.450. The Kier molecular flexibility index (Phi) is 5.30. The van der Waals surface area contributed by atoms with Crippen molar-refractivity contribution >= 4 is 5.78 Å². The molecular formula is C20H18N4O2. The van der Waals surface area contributed by atoms with Crippen LogP contribution < -0.4 is 4.74 Å². The van der Waals surface area contributed by atoms with Crippen molar-refractivity contribution in [1.82, 2.24) is 0 Å². The zero-order valence-electron chi connectivity index (χ0n) is 14.7. The number of hydrogen-bond donors (Lipinski definition) is 0. The second-order valence-electron chi connectivity index (χ2n) is 6.45. The summed E-state index contributed by atoms with van der Waals surface area (Å²) in [5.41, 5.74) is -3.35. The van der Waals surface area contributed by atoms with E-state index in [9.17, 15) is 25.8 Å². The van der Waals surface area contributed by atoms with Crippen LogP contribution in [0, 0.1) is 62.1 Å². The minimum absolute atomic E-state index is 0.253. The third kappa shape index (κ3) is 2.57. The first-order valence-corrected chi connectivity index (χ1v) is 8.30. The van der Waals surface area contributed by atoms with Crippen molar-refractivity contribution in [3.05, 3.63) is 29.8 Å². The molecule has 26 heavy (non-hydrogen) atoms. The zero-order valence-corrected chi connectivity index (χ0v) is 14.7. The Bertz CT molecular complexity index is 834. The number of nitriles is 4. The third-order valence-electron chi connectivity index (χ3n) is 5.20. The molecule has 1 aromatic carbocycles. The summed E-state index contributed by atoms with van der Waals surface area (Å²) in [5.74, 6) is -1.11. The van der Waals surface area contributed by atoms with Crippen molar-refractivity contribution in [3.8, 4) is 30.0 Å². The van der Waals surface area contributed by atoms with E-state index in [0.29, 0.717) is 24.2 Å². The molecule has 2 atom stereocenters. The van der Waals surface area contributed by atoms with Gasteiger partial charge in [-0.3, -0.25) is 4.79 Å². The normalized spacial score (nSPS) is 22.9. The molecule has 1 fully saturated rings. The second-order valence-corrected chi connectivity index (χ2v) is 6.45.